The zero-order chi connectivity index (χ0) is 22.1. The summed E-state index contributed by atoms with van der Waals surface area (Å²) in [4.78, 5) is 38.3. The average Bonchev–Trinajstić information content (AvgIpc) is 3.40. The molecule has 0 saturated heterocycles. The molecule has 166 valence electrons. The number of unbranched alkanes of at least 4 members (excludes halogenated alkanes) is 1. The lowest BCUT2D eigenvalue weighted by Crippen LogP contribution is -2.44. The first-order valence-corrected chi connectivity index (χ1v) is 10.8. The van der Waals surface area contributed by atoms with Gasteiger partial charge in [-0.25, -0.2) is 4.79 Å². The predicted octanol–water partition coefficient (Wildman–Crippen LogP) is 2.80. The molecule has 0 spiro atoms. The normalized spacial score (nSPS) is 13.1. The van der Waals surface area contributed by atoms with Crippen LogP contribution in [0.25, 0.3) is 0 Å². The van der Waals surface area contributed by atoms with Gasteiger partial charge in [0.2, 0.25) is 5.91 Å². The molecule has 31 heavy (non-hydrogen) atoms. The maximum Gasteiger partial charge on any atom is 0.321 e. The molecule has 1 aliphatic carbocycles. The van der Waals surface area contributed by atoms with Crippen LogP contribution in [0.15, 0.2) is 47.1 Å². The van der Waals surface area contributed by atoms with Crippen molar-refractivity contribution >= 4 is 17.8 Å². The fourth-order valence-electron chi connectivity index (χ4n) is 3.10. The summed E-state index contributed by atoms with van der Waals surface area (Å²) >= 11 is 0. The lowest BCUT2D eigenvalue weighted by atomic mass is 10.1. The van der Waals surface area contributed by atoms with Gasteiger partial charge in [-0.15, -0.1) is 0 Å². The molecule has 0 bridgehead atoms. The van der Waals surface area contributed by atoms with Gasteiger partial charge in [0.1, 0.15) is 5.76 Å². The summed E-state index contributed by atoms with van der Waals surface area (Å²) in [7, 11) is 0. The van der Waals surface area contributed by atoms with Gasteiger partial charge in [-0.1, -0.05) is 25.5 Å². The van der Waals surface area contributed by atoms with Crippen LogP contribution < -0.4 is 16.0 Å². The van der Waals surface area contributed by atoms with Gasteiger partial charge in [0, 0.05) is 24.7 Å². The maximum absolute atomic E-state index is 12.4. The summed E-state index contributed by atoms with van der Waals surface area (Å²) < 4.78 is 5.42. The number of furan rings is 1. The highest BCUT2D eigenvalue weighted by Crippen LogP contribution is 2.19. The lowest BCUT2D eigenvalue weighted by Gasteiger charge is -2.21. The SMILES string of the molecule is CCCCNC(=O)NC(=O)CN(Cc1ccc(C(=O)NC2CC2)cc1)Cc1ccco1. The molecule has 0 radical (unpaired) electrons. The summed E-state index contributed by atoms with van der Waals surface area (Å²) in [6.07, 6.45) is 5.50. The molecule has 8 nitrogen and oxygen atoms in total. The minimum absolute atomic E-state index is 0.0335. The molecule has 0 unspecified atom stereocenters. The molecule has 1 fully saturated rings. The van der Waals surface area contributed by atoms with E-state index in [1.165, 1.54) is 0 Å². The molecule has 0 aliphatic heterocycles. The number of carbonyl (C=O) groups excluding carboxylic acids is 3. The molecule has 1 heterocycles. The van der Waals surface area contributed by atoms with Crippen molar-refractivity contribution in [1.29, 1.82) is 0 Å². The van der Waals surface area contributed by atoms with E-state index in [1.54, 1.807) is 24.5 Å². The van der Waals surface area contributed by atoms with E-state index in [0.29, 0.717) is 31.2 Å². The highest BCUT2D eigenvalue weighted by molar-refractivity contribution is 5.95. The topological polar surface area (TPSA) is 104 Å². The molecular formula is C23H30N4O4. The zero-order valence-corrected chi connectivity index (χ0v) is 17.9. The Kier molecular flexibility index (Phi) is 8.23. The minimum atomic E-state index is -0.484. The second kappa shape index (κ2) is 11.3. The van der Waals surface area contributed by atoms with Gasteiger partial charge in [-0.2, -0.15) is 0 Å². The van der Waals surface area contributed by atoms with Crippen molar-refractivity contribution in [3.05, 3.63) is 59.5 Å². The molecule has 2 aromatic rings. The van der Waals surface area contributed by atoms with Crippen molar-refractivity contribution in [1.82, 2.24) is 20.9 Å². The summed E-state index contributed by atoms with van der Waals surface area (Å²) in [5.74, 6) is 0.275. The van der Waals surface area contributed by atoms with E-state index < -0.39 is 6.03 Å². The molecular weight excluding hydrogens is 396 g/mol. The standard InChI is InChI=1S/C23H30N4O4/c1-2-3-12-24-23(30)26-21(28)16-27(15-20-5-4-13-31-20)14-17-6-8-18(9-7-17)22(29)25-19-10-11-19/h4-9,13,19H,2-3,10-12,14-16H2,1H3,(H,25,29)(H2,24,26,28,30). The van der Waals surface area contributed by atoms with Crippen LogP contribution in [0.1, 0.15) is 54.3 Å². The number of benzene rings is 1. The number of amides is 4. The van der Waals surface area contributed by atoms with Gasteiger partial charge in [0.15, 0.2) is 0 Å². The largest absolute Gasteiger partial charge is 0.468 e. The highest BCUT2D eigenvalue weighted by atomic mass is 16.3. The van der Waals surface area contributed by atoms with Gasteiger partial charge in [0.05, 0.1) is 19.4 Å². The van der Waals surface area contributed by atoms with Crippen LogP contribution in [0.5, 0.6) is 0 Å². The van der Waals surface area contributed by atoms with Crippen molar-refractivity contribution < 1.29 is 18.8 Å². The van der Waals surface area contributed by atoms with E-state index in [-0.39, 0.29) is 18.4 Å². The molecule has 3 N–H and O–H groups in total. The molecule has 1 aliphatic rings. The van der Waals surface area contributed by atoms with Crippen LogP contribution >= 0.6 is 0 Å². The average molecular weight is 427 g/mol. The Morgan fingerprint density at radius 2 is 1.87 bits per heavy atom. The smallest absolute Gasteiger partial charge is 0.321 e. The Balaban J connectivity index is 1.57. The zero-order valence-electron chi connectivity index (χ0n) is 17.9. The number of nitrogens with one attached hydrogen (secondary N) is 3. The third-order valence-electron chi connectivity index (χ3n) is 4.93. The number of hydrogen-bond donors (Lipinski definition) is 3. The molecule has 0 atom stereocenters. The van der Waals surface area contributed by atoms with Crippen LogP contribution in [-0.2, 0) is 17.9 Å². The molecule has 1 saturated carbocycles. The quantitative estimate of drug-likeness (QED) is 0.480. The maximum atomic E-state index is 12.4. The Hall–Kier alpha value is -3.13. The molecule has 8 heteroatoms. The number of imide groups is 1. The van der Waals surface area contributed by atoms with Crippen LogP contribution in [-0.4, -0.2) is 41.9 Å². The van der Waals surface area contributed by atoms with E-state index in [9.17, 15) is 14.4 Å². The predicted molar refractivity (Wildman–Crippen MR) is 116 cm³/mol. The summed E-state index contributed by atoms with van der Waals surface area (Å²) in [6.45, 7) is 3.49. The van der Waals surface area contributed by atoms with Crippen molar-refractivity contribution in [2.75, 3.05) is 13.1 Å². The van der Waals surface area contributed by atoms with E-state index in [0.717, 1.165) is 37.0 Å². The van der Waals surface area contributed by atoms with Crippen LogP contribution in [0.2, 0.25) is 0 Å². The van der Waals surface area contributed by atoms with E-state index >= 15 is 0 Å². The van der Waals surface area contributed by atoms with Crippen molar-refractivity contribution in [2.45, 2.75) is 51.7 Å². The summed E-state index contributed by atoms with van der Waals surface area (Å²) in [6, 6.07) is 10.8. The fraction of sp³-hybridized carbons (Fsp3) is 0.435. The Morgan fingerprint density at radius 3 is 2.52 bits per heavy atom. The number of carbonyl (C=O) groups is 3. The Morgan fingerprint density at radius 1 is 1.10 bits per heavy atom. The van der Waals surface area contributed by atoms with E-state index in [1.807, 2.05) is 30.0 Å². The number of urea groups is 1. The third-order valence-corrected chi connectivity index (χ3v) is 4.93. The summed E-state index contributed by atoms with van der Waals surface area (Å²) in [5.41, 5.74) is 1.57. The van der Waals surface area contributed by atoms with Gasteiger partial charge >= 0.3 is 6.03 Å². The Labute approximate surface area is 182 Å². The number of hydrogen-bond acceptors (Lipinski definition) is 5. The monoisotopic (exact) mass is 426 g/mol. The van der Waals surface area contributed by atoms with E-state index in [4.69, 9.17) is 4.42 Å². The molecule has 4 amide bonds. The van der Waals surface area contributed by atoms with Gasteiger partial charge in [-0.3, -0.25) is 19.8 Å². The van der Waals surface area contributed by atoms with Crippen molar-refractivity contribution in [3.63, 3.8) is 0 Å². The van der Waals surface area contributed by atoms with Crippen LogP contribution in [0, 0.1) is 0 Å². The number of nitrogens with zero attached hydrogens (tertiary/aromatic N) is 1. The first-order valence-electron chi connectivity index (χ1n) is 10.8. The highest BCUT2D eigenvalue weighted by Gasteiger charge is 2.23. The van der Waals surface area contributed by atoms with Crippen molar-refractivity contribution in [2.24, 2.45) is 0 Å². The molecule has 3 rings (SSSR count). The Bertz CT molecular complexity index is 860. The van der Waals surface area contributed by atoms with Gasteiger partial charge in [0.25, 0.3) is 5.91 Å². The second-order valence-electron chi connectivity index (χ2n) is 7.83. The second-order valence-corrected chi connectivity index (χ2v) is 7.83. The lowest BCUT2D eigenvalue weighted by molar-refractivity contribution is -0.121. The molecule has 1 aromatic carbocycles. The van der Waals surface area contributed by atoms with E-state index in [2.05, 4.69) is 16.0 Å². The van der Waals surface area contributed by atoms with Gasteiger partial charge < -0.3 is 15.1 Å². The van der Waals surface area contributed by atoms with Crippen molar-refractivity contribution in [3.8, 4) is 0 Å². The third kappa shape index (κ3) is 7.90. The first-order chi connectivity index (χ1) is 15.0. The summed E-state index contributed by atoms with van der Waals surface area (Å²) in [5, 5.41) is 8.01. The van der Waals surface area contributed by atoms with Crippen LogP contribution in [0.4, 0.5) is 4.79 Å². The van der Waals surface area contributed by atoms with Crippen LogP contribution in [0.3, 0.4) is 0 Å². The number of rotatable bonds is 11. The molecule has 1 aromatic heterocycles. The first kappa shape index (κ1) is 22.6. The fourth-order valence-corrected chi connectivity index (χ4v) is 3.10. The van der Waals surface area contributed by atoms with Gasteiger partial charge in [-0.05, 0) is 49.1 Å². The minimum Gasteiger partial charge on any atom is -0.468 e.